The summed E-state index contributed by atoms with van der Waals surface area (Å²) in [5.74, 6) is 0.741. The summed E-state index contributed by atoms with van der Waals surface area (Å²) in [4.78, 5) is 8.80. The standard InChI is InChI=1S/C18H20FN3O3S/c1-13-15(20-9-8-17(13)25-11-5-10-24-2)12-26(23)18-21-14-6-3-4-7-16(14)22(18)19/h3-4,6-9H,5,10-12H2,1-2H3. The lowest BCUT2D eigenvalue weighted by Gasteiger charge is -2.11. The van der Waals surface area contributed by atoms with E-state index in [2.05, 4.69) is 9.97 Å². The normalized spacial score (nSPS) is 12.4. The number of para-hydroxylation sites is 2. The van der Waals surface area contributed by atoms with Crippen LogP contribution >= 0.6 is 0 Å². The number of ether oxygens (including phenoxy) is 2. The smallest absolute Gasteiger partial charge is 0.229 e. The summed E-state index contributed by atoms with van der Waals surface area (Å²) in [6.45, 7) is 2.98. The van der Waals surface area contributed by atoms with Crippen molar-refractivity contribution in [2.75, 3.05) is 20.3 Å². The van der Waals surface area contributed by atoms with E-state index in [1.165, 1.54) is 0 Å². The lowest BCUT2D eigenvalue weighted by atomic mass is 10.2. The molecule has 1 unspecified atom stereocenters. The molecule has 1 atom stereocenters. The number of imidazole rings is 1. The van der Waals surface area contributed by atoms with Crippen molar-refractivity contribution in [3.05, 3.63) is 47.8 Å². The van der Waals surface area contributed by atoms with Crippen LogP contribution < -0.4 is 4.74 Å². The van der Waals surface area contributed by atoms with Crippen molar-refractivity contribution in [3.8, 4) is 5.75 Å². The third-order valence-corrected chi connectivity index (χ3v) is 5.15. The predicted octanol–water partition coefficient (Wildman–Crippen LogP) is 3.20. The Morgan fingerprint density at radius 3 is 2.81 bits per heavy atom. The zero-order valence-electron chi connectivity index (χ0n) is 14.6. The molecule has 138 valence electrons. The Hall–Kier alpha value is -2.32. The van der Waals surface area contributed by atoms with E-state index in [-0.39, 0.29) is 10.9 Å². The van der Waals surface area contributed by atoms with Crippen LogP contribution in [0.1, 0.15) is 17.7 Å². The highest BCUT2D eigenvalue weighted by atomic mass is 32.2. The van der Waals surface area contributed by atoms with Crippen LogP contribution in [-0.2, 0) is 21.3 Å². The van der Waals surface area contributed by atoms with Gasteiger partial charge >= 0.3 is 0 Å². The fourth-order valence-corrected chi connectivity index (χ4v) is 3.70. The van der Waals surface area contributed by atoms with E-state index in [0.717, 1.165) is 12.0 Å². The summed E-state index contributed by atoms with van der Waals surface area (Å²) in [6, 6.07) is 8.52. The number of methoxy groups -OCH3 is 1. The number of hydrogen-bond donors (Lipinski definition) is 0. The quantitative estimate of drug-likeness (QED) is 0.564. The lowest BCUT2D eigenvalue weighted by molar-refractivity contribution is 0.172. The summed E-state index contributed by atoms with van der Waals surface area (Å²) in [7, 11) is -0.0250. The second kappa shape index (κ2) is 8.37. The second-order valence-electron chi connectivity index (χ2n) is 5.73. The van der Waals surface area contributed by atoms with E-state index in [1.807, 2.05) is 6.92 Å². The highest BCUT2D eigenvalue weighted by Crippen LogP contribution is 2.24. The fourth-order valence-electron chi connectivity index (χ4n) is 2.55. The molecular weight excluding hydrogens is 357 g/mol. The van der Waals surface area contributed by atoms with Gasteiger partial charge in [-0.25, -0.2) is 4.98 Å². The van der Waals surface area contributed by atoms with Crippen LogP contribution in [0.4, 0.5) is 4.48 Å². The van der Waals surface area contributed by atoms with E-state index in [0.29, 0.717) is 40.5 Å². The molecule has 0 aliphatic carbocycles. The van der Waals surface area contributed by atoms with Crippen LogP contribution in [0.3, 0.4) is 0 Å². The number of fused-ring (bicyclic) bond motifs is 1. The number of benzene rings is 1. The van der Waals surface area contributed by atoms with E-state index >= 15 is 0 Å². The van der Waals surface area contributed by atoms with Gasteiger partial charge in [-0.2, -0.15) is 0 Å². The Kier molecular flexibility index (Phi) is 5.95. The Morgan fingerprint density at radius 1 is 1.23 bits per heavy atom. The maximum Gasteiger partial charge on any atom is 0.229 e. The molecule has 0 saturated carbocycles. The molecule has 0 amide bonds. The summed E-state index contributed by atoms with van der Waals surface area (Å²) in [5, 5.41) is -0.112. The van der Waals surface area contributed by atoms with E-state index in [4.69, 9.17) is 9.47 Å². The molecule has 2 aromatic heterocycles. The number of pyridine rings is 1. The van der Waals surface area contributed by atoms with Crippen molar-refractivity contribution in [3.63, 3.8) is 0 Å². The summed E-state index contributed by atoms with van der Waals surface area (Å²) < 4.78 is 37.8. The van der Waals surface area contributed by atoms with Gasteiger partial charge in [0, 0.05) is 31.9 Å². The van der Waals surface area contributed by atoms with Crippen molar-refractivity contribution in [2.24, 2.45) is 0 Å². The molecule has 6 nitrogen and oxygen atoms in total. The van der Waals surface area contributed by atoms with Crippen LogP contribution in [0.2, 0.25) is 0 Å². The molecule has 0 bridgehead atoms. The molecule has 0 spiro atoms. The number of aromatic nitrogens is 3. The fraction of sp³-hybridized carbons (Fsp3) is 0.333. The van der Waals surface area contributed by atoms with Gasteiger partial charge in [-0.15, -0.1) is 4.79 Å². The van der Waals surface area contributed by atoms with Crippen molar-refractivity contribution in [2.45, 2.75) is 24.3 Å². The van der Waals surface area contributed by atoms with Gasteiger partial charge in [0.05, 0.1) is 34.4 Å². The Labute approximate surface area is 153 Å². The first-order valence-electron chi connectivity index (χ1n) is 8.20. The third-order valence-electron chi connectivity index (χ3n) is 3.96. The highest BCUT2D eigenvalue weighted by molar-refractivity contribution is 7.84. The zero-order chi connectivity index (χ0) is 18.5. The van der Waals surface area contributed by atoms with E-state index in [1.54, 1.807) is 43.6 Å². The number of rotatable bonds is 8. The topological polar surface area (TPSA) is 66.2 Å². The molecule has 0 fully saturated rings. The first kappa shape index (κ1) is 18.5. The Bertz CT molecular complexity index is 929. The van der Waals surface area contributed by atoms with Crippen molar-refractivity contribution >= 4 is 21.8 Å². The van der Waals surface area contributed by atoms with Crippen LogP contribution in [0.15, 0.2) is 41.7 Å². The number of hydrogen-bond acceptors (Lipinski definition) is 5. The predicted molar refractivity (Wildman–Crippen MR) is 97.3 cm³/mol. The minimum Gasteiger partial charge on any atom is -0.493 e. The molecule has 0 N–H and O–H groups in total. The molecule has 8 heteroatoms. The number of halogens is 1. The first-order chi connectivity index (χ1) is 12.6. The lowest BCUT2D eigenvalue weighted by Crippen LogP contribution is -2.07. The van der Waals surface area contributed by atoms with E-state index in [9.17, 15) is 8.69 Å². The van der Waals surface area contributed by atoms with Crippen molar-refractivity contribution < 1.29 is 18.2 Å². The SMILES string of the molecule is COCCCOc1ccnc(CS(=O)c2nc3ccccc3n2F)c1C. The van der Waals surface area contributed by atoms with Crippen LogP contribution in [0, 0.1) is 6.92 Å². The summed E-state index contributed by atoms with van der Waals surface area (Å²) >= 11 is 0. The maximum atomic E-state index is 14.4. The van der Waals surface area contributed by atoms with Gasteiger partial charge in [0.2, 0.25) is 5.16 Å². The molecule has 0 aliphatic heterocycles. The second-order valence-corrected chi connectivity index (χ2v) is 7.07. The Morgan fingerprint density at radius 2 is 2.04 bits per heavy atom. The molecule has 2 heterocycles. The molecule has 0 aliphatic rings. The van der Waals surface area contributed by atoms with Crippen LogP contribution in [0.25, 0.3) is 11.0 Å². The minimum atomic E-state index is -1.67. The molecule has 3 rings (SSSR count). The Balaban J connectivity index is 1.77. The largest absolute Gasteiger partial charge is 0.493 e. The molecule has 1 aromatic carbocycles. The average Bonchev–Trinajstić information content (AvgIpc) is 2.99. The van der Waals surface area contributed by atoms with Gasteiger partial charge in [-0.05, 0) is 25.1 Å². The van der Waals surface area contributed by atoms with E-state index < -0.39 is 10.8 Å². The van der Waals surface area contributed by atoms with Crippen LogP contribution in [-0.4, -0.2) is 39.3 Å². The highest BCUT2D eigenvalue weighted by Gasteiger charge is 2.19. The first-order valence-corrected chi connectivity index (χ1v) is 9.52. The molecule has 0 radical (unpaired) electrons. The zero-order valence-corrected chi connectivity index (χ0v) is 15.5. The van der Waals surface area contributed by atoms with Crippen molar-refractivity contribution in [1.82, 2.24) is 14.8 Å². The minimum absolute atomic E-state index is 0.0638. The molecule has 0 saturated heterocycles. The van der Waals surface area contributed by atoms with Gasteiger partial charge in [0.15, 0.2) is 0 Å². The number of nitrogens with zero attached hydrogens (tertiary/aromatic N) is 3. The molecular formula is C18H20FN3O3S. The van der Waals surface area contributed by atoms with Gasteiger partial charge in [-0.3, -0.25) is 9.19 Å². The monoisotopic (exact) mass is 377 g/mol. The summed E-state index contributed by atoms with van der Waals surface area (Å²) in [6.07, 6.45) is 2.37. The molecule has 26 heavy (non-hydrogen) atoms. The van der Waals surface area contributed by atoms with Gasteiger partial charge in [-0.1, -0.05) is 16.6 Å². The average molecular weight is 377 g/mol. The molecule has 3 aromatic rings. The van der Waals surface area contributed by atoms with Crippen molar-refractivity contribution in [1.29, 1.82) is 0 Å². The van der Waals surface area contributed by atoms with Crippen LogP contribution in [0.5, 0.6) is 5.75 Å². The third kappa shape index (κ3) is 3.91. The van der Waals surface area contributed by atoms with Gasteiger partial charge < -0.3 is 9.47 Å². The van der Waals surface area contributed by atoms with Gasteiger partial charge in [0.1, 0.15) is 11.3 Å². The maximum absolute atomic E-state index is 14.4. The summed E-state index contributed by atoms with van der Waals surface area (Å²) in [5.41, 5.74) is 2.16. The van der Waals surface area contributed by atoms with Gasteiger partial charge in [0.25, 0.3) is 0 Å².